The van der Waals surface area contributed by atoms with Crippen LogP contribution in [-0.2, 0) is 11.2 Å². The minimum Gasteiger partial charge on any atom is -0.481 e. The van der Waals surface area contributed by atoms with Crippen molar-refractivity contribution in [1.29, 1.82) is 0 Å². The van der Waals surface area contributed by atoms with Crippen LogP contribution in [0.5, 0.6) is 0 Å². The largest absolute Gasteiger partial charge is 0.481 e. The molecule has 0 atom stereocenters. The summed E-state index contributed by atoms with van der Waals surface area (Å²) in [4.78, 5) is 20.4. The molecule has 1 aromatic rings. The van der Waals surface area contributed by atoms with Gasteiger partial charge >= 0.3 is 5.97 Å². The van der Waals surface area contributed by atoms with Gasteiger partial charge in [-0.25, -0.2) is 0 Å². The van der Waals surface area contributed by atoms with Gasteiger partial charge in [-0.2, -0.15) is 0 Å². The highest BCUT2D eigenvalue weighted by Crippen LogP contribution is 2.26. The summed E-state index contributed by atoms with van der Waals surface area (Å²) in [6, 6.07) is 2.60. The molecule has 0 radical (unpaired) electrons. The Morgan fingerprint density at radius 1 is 1.60 bits per heavy atom. The van der Waals surface area contributed by atoms with Crippen LogP contribution in [0.15, 0.2) is 12.1 Å². The first kappa shape index (κ1) is 11.5. The van der Waals surface area contributed by atoms with E-state index in [2.05, 4.69) is 0 Å². The third-order valence-electron chi connectivity index (χ3n) is 1.90. The zero-order valence-electron chi connectivity index (χ0n) is 7.86. The van der Waals surface area contributed by atoms with E-state index in [4.69, 9.17) is 16.7 Å². The highest BCUT2D eigenvalue weighted by atomic mass is 35.5. The van der Waals surface area contributed by atoms with Crippen molar-refractivity contribution in [3.63, 3.8) is 0 Å². The number of hydrogen-bond acceptors (Lipinski definition) is 3. The van der Waals surface area contributed by atoms with E-state index in [0.717, 1.165) is 0 Å². The maximum atomic E-state index is 10.5. The third-order valence-corrected chi connectivity index (χ3v) is 2.26. The number of nitro benzene ring substituents is 1. The molecule has 0 bridgehead atoms. The van der Waals surface area contributed by atoms with E-state index in [1.54, 1.807) is 6.92 Å². The van der Waals surface area contributed by atoms with Crippen molar-refractivity contribution in [3.8, 4) is 0 Å². The Bertz CT molecular complexity index is 430. The lowest BCUT2D eigenvalue weighted by atomic mass is 10.1. The summed E-state index contributed by atoms with van der Waals surface area (Å²) in [5.41, 5.74) is 0.682. The summed E-state index contributed by atoms with van der Waals surface area (Å²) >= 11 is 5.72. The van der Waals surface area contributed by atoms with Crippen molar-refractivity contribution in [2.24, 2.45) is 0 Å². The fourth-order valence-corrected chi connectivity index (χ4v) is 1.45. The lowest BCUT2D eigenvalue weighted by Crippen LogP contribution is -2.02. The molecule has 15 heavy (non-hydrogen) atoms. The number of nitro groups is 1. The molecule has 1 rings (SSSR count). The van der Waals surface area contributed by atoms with Gasteiger partial charge in [-0.1, -0.05) is 11.6 Å². The molecule has 1 aromatic carbocycles. The topological polar surface area (TPSA) is 80.4 Å². The van der Waals surface area contributed by atoms with Crippen LogP contribution >= 0.6 is 11.6 Å². The smallest absolute Gasteiger partial charge is 0.307 e. The highest BCUT2D eigenvalue weighted by Gasteiger charge is 2.15. The summed E-state index contributed by atoms with van der Waals surface area (Å²) in [7, 11) is 0. The molecule has 0 aliphatic heterocycles. The second kappa shape index (κ2) is 4.27. The minimum atomic E-state index is -1.02. The highest BCUT2D eigenvalue weighted by molar-refractivity contribution is 6.31. The van der Waals surface area contributed by atoms with Crippen LogP contribution in [0.1, 0.15) is 11.1 Å². The zero-order valence-corrected chi connectivity index (χ0v) is 8.61. The lowest BCUT2D eigenvalue weighted by Gasteiger charge is -2.03. The van der Waals surface area contributed by atoms with E-state index in [-0.39, 0.29) is 17.1 Å². The predicted molar refractivity (Wildman–Crippen MR) is 54.2 cm³/mol. The van der Waals surface area contributed by atoms with Crippen molar-refractivity contribution < 1.29 is 14.8 Å². The average Bonchev–Trinajstić information content (AvgIpc) is 2.09. The summed E-state index contributed by atoms with van der Waals surface area (Å²) in [5.74, 6) is -1.02. The minimum absolute atomic E-state index is 0.103. The van der Waals surface area contributed by atoms with Crippen molar-refractivity contribution in [2.75, 3.05) is 0 Å². The molecule has 1 N–H and O–H groups in total. The van der Waals surface area contributed by atoms with E-state index in [0.29, 0.717) is 11.1 Å². The number of nitrogens with zero attached hydrogens (tertiary/aromatic N) is 1. The van der Waals surface area contributed by atoms with E-state index >= 15 is 0 Å². The van der Waals surface area contributed by atoms with Crippen LogP contribution in [0.3, 0.4) is 0 Å². The van der Waals surface area contributed by atoms with E-state index < -0.39 is 10.9 Å². The average molecular weight is 230 g/mol. The Kier molecular flexibility index (Phi) is 3.26. The Morgan fingerprint density at radius 3 is 2.67 bits per heavy atom. The number of rotatable bonds is 3. The van der Waals surface area contributed by atoms with Gasteiger partial charge in [0.25, 0.3) is 5.69 Å². The predicted octanol–water partition coefficient (Wildman–Crippen LogP) is 2.18. The number of aliphatic carboxylic acids is 1. The maximum absolute atomic E-state index is 10.5. The molecule has 5 nitrogen and oxygen atoms in total. The number of carboxylic acid groups (broad SMARTS) is 1. The summed E-state index contributed by atoms with van der Waals surface area (Å²) < 4.78 is 0. The third kappa shape index (κ3) is 2.66. The molecule has 0 unspecified atom stereocenters. The van der Waals surface area contributed by atoms with E-state index in [9.17, 15) is 14.9 Å². The molecule has 0 saturated heterocycles. The zero-order chi connectivity index (χ0) is 11.6. The Labute approximate surface area is 90.4 Å². The van der Waals surface area contributed by atoms with Gasteiger partial charge in [-0.3, -0.25) is 14.9 Å². The van der Waals surface area contributed by atoms with Gasteiger partial charge in [0.15, 0.2) is 0 Å². The molecule has 0 aliphatic carbocycles. The Hall–Kier alpha value is -1.62. The van der Waals surface area contributed by atoms with Gasteiger partial charge in [0.05, 0.1) is 16.4 Å². The standard InChI is InChI=1S/C9H8ClNO4/c1-5-2-6(3-9(12)13)7(10)4-8(5)11(14)15/h2,4H,3H2,1H3,(H,12,13). The van der Waals surface area contributed by atoms with Gasteiger partial charge in [0, 0.05) is 11.6 Å². The molecule has 6 heteroatoms. The molecule has 0 saturated carbocycles. The number of carboxylic acids is 1. The first-order valence-corrected chi connectivity index (χ1v) is 4.45. The second-order valence-electron chi connectivity index (χ2n) is 3.06. The molecular formula is C9H8ClNO4. The van der Waals surface area contributed by atoms with Crippen LogP contribution in [0.25, 0.3) is 0 Å². The van der Waals surface area contributed by atoms with Crippen LogP contribution in [0.2, 0.25) is 5.02 Å². The van der Waals surface area contributed by atoms with Crippen molar-refractivity contribution in [2.45, 2.75) is 13.3 Å². The monoisotopic (exact) mass is 229 g/mol. The molecule has 0 aliphatic rings. The fourth-order valence-electron chi connectivity index (χ4n) is 1.23. The number of benzene rings is 1. The molecular weight excluding hydrogens is 222 g/mol. The molecule has 0 fully saturated rings. The maximum Gasteiger partial charge on any atom is 0.307 e. The number of hydrogen-bond donors (Lipinski definition) is 1. The van der Waals surface area contributed by atoms with Crippen LogP contribution < -0.4 is 0 Å². The lowest BCUT2D eigenvalue weighted by molar-refractivity contribution is -0.385. The quantitative estimate of drug-likeness (QED) is 0.636. The molecule has 0 spiro atoms. The van der Waals surface area contributed by atoms with Crippen molar-refractivity contribution in [1.82, 2.24) is 0 Å². The van der Waals surface area contributed by atoms with Gasteiger partial charge in [0.2, 0.25) is 0 Å². The summed E-state index contributed by atoms with van der Waals surface area (Å²) in [6.45, 7) is 1.54. The van der Waals surface area contributed by atoms with Crippen LogP contribution in [0, 0.1) is 17.0 Å². The number of halogens is 1. The Morgan fingerprint density at radius 2 is 2.20 bits per heavy atom. The number of aryl methyl sites for hydroxylation is 1. The molecule has 0 heterocycles. The first-order valence-electron chi connectivity index (χ1n) is 4.07. The van der Waals surface area contributed by atoms with Gasteiger partial charge < -0.3 is 5.11 Å². The molecule has 0 aromatic heterocycles. The summed E-state index contributed by atoms with van der Waals surface area (Å²) in [6.07, 6.45) is -0.238. The molecule has 0 amide bonds. The summed E-state index contributed by atoms with van der Waals surface area (Å²) in [5, 5.41) is 19.2. The SMILES string of the molecule is Cc1cc(CC(=O)O)c(Cl)cc1[N+](=O)[O-]. The fraction of sp³-hybridized carbons (Fsp3) is 0.222. The second-order valence-corrected chi connectivity index (χ2v) is 3.46. The van der Waals surface area contributed by atoms with Gasteiger partial charge in [-0.05, 0) is 18.6 Å². The van der Waals surface area contributed by atoms with E-state index in [1.807, 2.05) is 0 Å². The van der Waals surface area contributed by atoms with E-state index in [1.165, 1.54) is 12.1 Å². The van der Waals surface area contributed by atoms with Crippen molar-refractivity contribution >= 4 is 23.3 Å². The van der Waals surface area contributed by atoms with Crippen molar-refractivity contribution in [3.05, 3.63) is 38.4 Å². The molecule has 80 valence electrons. The van der Waals surface area contributed by atoms with Gasteiger partial charge in [0.1, 0.15) is 0 Å². The van der Waals surface area contributed by atoms with Gasteiger partial charge in [-0.15, -0.1) is 0 Å². The van der Waals surface area contributed by atoms with Crippen LogP contribution in [-0.4, -0.2) is 16.0 Å². The Balaban J connectivity index is 3.19. The van der Waals surface area contributed by atoms with Crippen LogP contribution in [0.4, 0.5) is 5.69 Å². The number of carbonyl (C=O) groups is 1. The normalized spacial score (nSPS) is 10.0. The first-order chi connectivity index (χ1) is 6.91.